The van der Waals surface area contributed by atoms with Gasteiger partial charge in [-0.25, -0.2) is 0 Å². The first kappa shape index (κ1) is 13.8. The van der Waals surface area contributed by atoms with Crippen LogP contribution in [0.5, 0.6) is 0 Å². The second kappa shape index (κ2) is 7.92. The van der Waals surface area contributed by atoms with Gasteiger partial charge in [0.1, 0.15) is 6.04 Å². The maximum atomic E-state index is 11.5. The molecule has 1 aliphatic rings. The quantitative estimate of drug-likeness (QED) is 0.711. The van der Waals surface area contributed by atoms with Gasteiger partial charge >= 0.3 is 5.97 Å². The molecule has 0 aromatic heterocycles. The van der Waals surface area contributed by atoms with Crippen LogP contribution in [0, 0.1) is 5.92 Å². The predicted octanol–water partition coefficient (Wildman–Crippen LogP) is 1.04. The summed E-state index contributed by atoms with van der Waals surface area (Å²) in [5.74, 6) is 1.08. The van der Waals surface area contributed by atoms with Gasteiger partial charge in [0, 0.05) is 13.2 Å². The second-order valence-corrected chi connectivity index (χ2v) is 5.06. The third kappa shape index (κ3) is 5.18. The summed E-state index contributed by atoms with van der Waals surface area (Å²) >= 11 is 1.69. The Morgan fingerprint density at radius 1 is 1.56 bits per heavy atom. The molecule has 0 aromatic carbocycles. The van der Waals surface area contributed by atoms with E-state index in [1.54, 1.807) is 11.8 Å². The average Bonchev–Trinajstić information content (AvgIpc) is 2.34. The molecule has 5 heteroatoms. The molecule has 1 saturated heterocycles. The van der Waals surface area contributed by atoms with E-state index in [1.165, 1.54) is 0 Å². The number of esters is 1. The van der Waals surface area contributed by atoms with Gasteiger partial charge in [0.05, 0.1) is 6.61 Å². The van der Waals surface area contributed by atoms with Crippen molar-refractivity contribution in [3.05, 3.63) is 0 Å². The Bertz CT molecular complexity index is 207. The van der Waals surface area contributed by atoms with Crippen LogP contribution in [0.4, 0.5) is 0 Å². The van der Waals surface area contributed by atoms with E-state index in [4.69, 9.17) is 15.2 Å². The molecule has 0 saturated carbocycles. The molecule has 2 N–H and O–H groups in total. The fraction of sp³-hybridized carbons (Fsp3) is 0.909. The first-order valence-corrected chi connectivity index (χ1v) is 7.12. The standard InChI is InChI=1S/C11H21NO3S/c1-16-7-4-10(12)11(13)15-8-9-2-5-14-6-3-9/h9-10H,2-8,12H2,1H3/t10-/m1/s1. The van der Waals surface area contributed by atoms with Crippen LogP contribution in [0.2, 0.25) is 0 Å². The zero-order valence-electron chi connectivity index (χ0n) is 9.81. The number of carbonyl (C=O) groups is 1. The van der Waals surface area contributed by atoms with E-state index in [0.717, 1.165) is 31.8 Å². The third-order valence-corrected chi connectivity index (χ3v) is 3.38. The molecule has 0 radical (unpaired) electrons. The summed E-state index contributed by atoms with van der Waals surface area (Å²) < 4.78 is 10.5. The molecule has 1 atom stereocenters. The van der Waals surface area contributed by atoms with Crippen LogP contribution < -0.4 is 5.73 Å². The van der Waals surface area contributed by atoms with E-state index in [2.05, 4.69) is 0 Å². The van der Waals surface area contributed by atoms with Crippen molar-refractivity contribution < 1.29 is 14.3 Å². The predicted molar refractivity (Wildman–Crippen MR) is 65.5 cm³/mol. The minimum absolute atomic E-state index is 0.263. The van der Waals surface area contributed by atoms with Gasteiger partial charge in [-0.3, -0.25) is 4.79 Å². The Morgan fingerprint density at radius 3 is 2.88 bits per heavy atom. The minimum Gasteiger partial charge on any atom is -0.464 e. The number of rotatable bonds is 6. The number of nitrogens with two attached hydrogens (primary N) is 1. The van der Waals surface area contributed by atoms with Gasteiger partial charge in [-0.15, -0.1) is 0 Å². The SMILES string of the molecule is CSCC[C@@H](N)C(=O)OCC1CCOCC1. The third-order valence-electron chi connectivity index (χ3n) is 2.74. The number of hydrogen-bond donors (Lipinski definition) is 1. The number of thioether (sulfide) groups is 1. The van der Waals surface area contributed by atoms with E-state index in [1.807, 2.05) is 6.26 Å². The van der Waals surface area contributed by atoms with Crippen LogP contribution in [0.15, 0.2) is 0 Å². The summed E-state index contributed by atoms with van der Waals surface area (Å²) in [6, 6.07) is -0.465. The zero-order chi connectivity index (χ0) is 11.8. The summed E-state index contributed by atoms with van der Waals surface area (Å²) in [5, 5.41) is 0. The van der Waals surface area contributed by atoms with Gasteiger partial charge in [-0.05, 0) is 37.2 Å². The topological polar surface area (TPSA) is 61.6 Å². The summed E-state index contributed by atoms with van der Waals surface area (Å²) in [6.45, 7) is 2.05. The van der Waals surface area contributed by atoms with Gasteiger partial charge in [0.25, 0.3) is 0 Å². The van der Waals surface area contributed by atoms with Crippen LogP contribution in [0.1, 0.15) is 19.3 Å². The molecule has 1 heterocycles. The van der Waals surface area contributed by atoms with Gasteiger partial charge in [-0.2, -0.15) is 11.8 Å². The van der Waals surface area contributed by atoms with Crippen molar-refractivity contribution in [2.75, 3.05) is 31.8 Å². The highest BCUT2D eigenvalue weighted by Crippen LogP contribution is 2.15. The summed E-state index contributed by atoms with van der Waals surface area (Å²) in [5.41, 5.74) is 5.71. The maximum absolute atomic E-state index is 11.5. The van der Waals surface area contributed by atoms with Gasteiger partial charge in [-0.1, -0.05) is 0 Å². The number of ether oxygens (including phenoxy) is 2. The van der Waals surface area contributed by atoms with Crippen LogP contribution in [-0.4, -0.2) is 43.8 Å². The smallest absolute Gasteiger partial charge is 0.322 e. The highest BCUT2D eigenvalue weighted by atomic mass is 32.2. The minimum atomic E-state index is -0.465. The van der Waals surface area contributed by atoms with Crippen molar-refractivity contribution >= 4 is 17.7 Å². The normalized spacial score (nSPS) is 19.4. The van der Waals surface area contributed by atoms with E-state index in [-0.39, 0.29) is 5.97 Å². The lowest BCUT2D eigenvalue weighted by Gasteiger charge is -2.22. The Kier molecular flexibility index (Phi) is 6.84. The zero-order valence-corrected chi connectivity index (χ0v) is 10.6. The van der Waals surface area contributed by atoms with E-state index < -0.39 is 6.04 Å². The van der Waals surface area contributed by atoms with E-state index >= 15 is 0 Å². The molecule has 0 spiro atoms. The highest BCUT2D eigenvalue weighted by Gasteiger charge is 2.19. The molecule has 16 heavy (non-hydrogen) atoms. The maximum Gasteiger partial charge on any atom is 0.322 e. The summed E-state index contributed by atoms with van der Waals surface area (Å²) in [7, 11) is 0. The van der Waals surface area contributed by atoms with Crippen molar-refractivity contribution in [1.29, 1.82) is 0 Å². The Labute approximate surface area is 101 Å². The largest absolute Gasteiger partial charge is 0.464 e. The van der Waals surface area contributed by atoms with Crippen molar-refractivity contribution in [3.63, 3.8) is 0 Å². The average molecular weight is 247 g/mol. The molecule has 0 bridgehead atoms. The van der Waals surface area contributed by atoms with Crippen molar-refractivity contribution in [3.8, 4) is 0 Å². The van der Waals surface area contributed by atoms with Gasteiger partial charge < -0.3 is 15.2 Å². The molecule has 1 rings (SSSR count). The molecule has 0 aliphatic carbocycles. The fourth-order valence-electron chi connectivity index (χ4n) is 1.58. The van der Waals surface area contributed by atoms with Crippen LogP contribution >= 0.6 is 11.8 Å². The lowest BCUT2D eigenvalue weighted by molar-refractivity contribution is -0.147. The van der Waals surface area contributed by atoms with Gasteiger partial charge in [0.2, 0.25) is 0 Å². The molecule has 4 nitrogen and oxygen atoms in total. The lowest BCUT2D eigenvalue weighted by Crippen LogP contribution is -2.34. The fourth-order valence-corrected chi connectivity index (χ4v) is 2.07. The molecular weight excluding hydrogens is 226 g/mol. The molecule has 0 unspecified atom stereocenters. The Balaban J connectivity index is 2.12. The molecule has 1 aliphatic heterocycles. The number of hydrogen-bond acceptors (Lipinski definition) is 5. The van der Waals surface area contributed by atoms with Crippen molar-refractivity contribution in [2.45, 2.75) is 25.3 Å². The number of carbonyl (C=O) groups excluding carboxylic acids is 1. The van der Waals surface area contributed by atoms with Crippen LogP contribution in [-0.2, 0) is 14.3 Å². The second-order valence-electron chi connectivity index (χ2n) is 4.07. The molecular formula is C11H21NO3S. The lowest BCUT2D eigenvalue weighted by atomic mass is 10.0. The molecule has 0 amide bonds. The first-order valence-electron chi connectivity index (χ1n) is 5.73. The van der Waals surface area contributed by atoms with Crippen LogP contribution in [0.25, 0.3) is 0 Å². The van der Waals surface area contributed by atoms with E-state index in [0.29, 0.717) is 18.9 Å². The van der Waals surface area contributed by atoms with Gasteiger partial charge in [0.15, 0.2) is 0 Å². The van der Waals surface area contributed by atoms with Crippen molar-refractivity contribution in [1.82, 2.24) is 0 Å². The Hall–Kier alpha value is -0.260. The highest BCUT2D eigenvalue weighted by molar-refractivity contribution is 7.98. The van der Waals surface area contributed by atoms with Crippen molar-refractivity contribution in [2.24, 2.45) is 11.7 Å². The monoisotopic (exact) mass is 247 g/mol. The molecule has 0 aromatic rings. The first-order chi connectivity index (χ1) is 7.74. The molecule has 1 fully saturated rings. The molecule has 94 valence electrons. The summed E-state index contributed by atoms with van der Waals surface area (Å²) in [4.78, 5) is 11.5. The summed E-state index contributed by atoms with van der Waals surface area (Å²) in [6.07, 6.45) is 4.65. The Morgan fingerprint density at radius 2 is 2.25 bits per heavy atom. The van der Waals surface area contributed by atoms with Crippen LogP contribution in [0.3, 0.4) is 0 Å². The van der Waals surface area contributed by atoms with E-state index in [9.17, 15) is 4.79 Å².